The van der Waals surface area contributed by atoms with Gasteiger partial charge in [-0.15, -0.1) is 0 Å². The highest BCUT2D eigenvalue weighted by molar-refractivity contribution is 4.93. The van der Waals surface area contributed by atoms with Crippen molar-refractivity contribution in [3.63, 3.8) is 0 Å². The molecule has 0 aromatic heterocycles. The fourth-order valence-electron chi connectivity index (χ4n) is 3.66. The van der Waals surface area contributed by atoms with Crippen molar-refractivity contribution in [1.82, 2.24) is 10.6 Å². The average Bonchev–Trinajstić information content (AvgIpc) is 3.11. The van der Waals surface area contributed by atoms with Gasteiger partial charge in [-0.25, -0.2) is 0 Å². The number of ether oxygens (including phenoxy) is 2. The van der Waals surface area contributed by atoms with E-state index < -0.39 is 0 Å². The Kier molecular flexibility index (Phi) is 7.88. The van der Waals surface area contributed by atoms with Gasteiger partial charge in [0.15, 0.2) is 0 Å². The summed E-state index contributed by atoms with van der Waals surface area (Å²) in [5, 5.41) is 7.48. The number of rotatable bonds is 10. The number of hydrogen-bond donors (Lipinski definition) is 2. The van der Waals surface area contributed by atoms with Crippen LogP contribution in [0.4, 0.5) is 0 Å². The molecule has 2 N–H and O–H groups in total. The average molecular weight is 284 g/mol. The van der Waals surface area contributed by atoms with E-state index in [1.807, 2.05) is 0 Å². The molecule has 4 nitrogen and oxygen atoms in total. The molecule has 20 heavy (non-hydrogen) atoms. The smallest absolute Gasteiger partial charge is 0.0700 e. The Hall–Kier alpha value is -0.160. The Morgan fingerprint density at radius 3 is 2.80 bits per heavy atom. The number of methoxy groups -OCH3 is 1. The quantitative estimate of drug-likeness (QED) is 0.602. The molecule has 0 bridgehead atoms. The summed E-state index contributed by atoms with van der Waals surface area (Å²) in [6.45, 7) is 4.66. The van der Waals surface area contributed by atoms with Gasteiger partial charge in [0.05, 0.1) is 13.2 Å². The summed E-state index contributed by atoms with van der Waals surface area (Å²) in [5.41, 5.74) is 0. The van der Waals surface area contributed by atoms with E-state index in [0.29, 0.717) is 6.61 Å². The maximum Gasteiger partial charge on any atom is 0.0700 e. The van der Waals surface area contributed by atoms with Gasteiger partial charge in [-0.2, -0.15) is 0 Å². The molecule has 1 saturated carbocycles. The molecule has 2 aliphatic rings. The summed E-state index contributed by atoms with van der Waals surface area (Å²) < 4.78 is 10.4. The molecule has 0 aromatic carbocycles. The summed E-state index contributed by atoms with van der Waals surface area (Å²) in [4.78, 5) is 0. The lowest BCUT2D eigenvalue weighted by Crippen LogP contribution is -2.42. The lowest BCUT2D eigenvalue weighted by molar-refractivity contribution is 0.0687. The van der Waals surface area contributed by atoms with Crippen molar-refractivity contribution in [2.45, 2.75) is 57.0 Å². The molecule has 1 saturated heterocycles. The van der Waals surface area contributed by atoms with Crippen molar-refractivity contribution in [1.29, 1.82) is 0 Å². The number of nitrogens with one attached hydrogen (secondary N) is 2. The molecule has 1 aliphatic heterocycles. The van der Waals surface area contributed by atoms with Crippen LogP contribution in [0.1, 0.15) is 44.9 Å². The van der Waals surface area contributed by atoms with Crippen LogP contribution in [0.15, 0.2) is 0 Å². The molecule has 1 aliphatic carbocycles. The monoisotopic (exact) mass is 284 g/mol. The number of unbranched alkanes of at least 4 members (excludes halogenated alkanes) is 1. The molecule has 0 radical (unpaired) electrons. The van der Waals surface area contributed by atoms with Gasteiger partial charge in [0.25, 0.3) is 0 Å². The van der Waals surface area contributed by atoms with Gasteiger partial charge in [0.1, 0.15) is 0 Å². The second-order valence-electron chi connectivity index (χ2n) is 6.17. The zero-order valence-corrected chi connectivity index (χ0v) is 13.0. The molecule has 0 aromatic rings. The zero-order valence-electron chi connectivity index (χ0n) is 13.0. The molecule has 4 heteroatoms. The fourth-order valence-corrected chi connectivity index (χ4v) is 3.66. The van der Waals surface area contributed by atoms with E-state index in [9.17, 15) is 0 Å². The molecule has 3 atom stereocenters. The number of hydrogen-bond acceptors (Lipinski definition) is 4. The zero-order chi connectivity index (χ0) is 14.0. The largest absolute Gasteiger partial charge is 0.382 e. The Balaban J connectivity index is 1.50. The van der Waals surface area contributed by atoms with Crippen molar-refractivity contribution in [2.24, 2.45) is 5.92 Å². The van der Waals surface area contributed by atoms with Crippen LogP contribution in [0.25, 0.3) is 0 Å². The van der Waals surface area contributed by atoms with Crippen LogP contribution < -0.4 is 10.6 Å². The first-order valence-corrected chi connectivity index (χ1v) is 8.45. The van der Waals surface area contributed by atoms with Gasteiger partial charge in [-0.05, 0) is 57.5 Å². The van der Waals surface area contributed by atoms with Crippen LogP contribution in [0.3, 0.4) is 0 Å². The van der Waals surface area contributed by atoms with E-state index in [-0.39, 0.29) is 0 Å². The summed E-state index contributed by atoms with van der Waals surface area (Å²) in [6.07, 6.45) is 9.30. The highest BCUT2D eigenvalue weighted by atomic mass is 16.5. The molecule has 0 spiro atoms. The van der Waals surface area contributed by atoms with E-state index in [0.717, 1.165) is 44.2 Å². The normalized spacial score (nSPS) is 30.1. The van der Waals surface area contributed by atoms with Gasteiger partial charge in [-0.3, -0.25) is 0 Å². The van der Waals surface area contributed by atoms with E-state index in [4.69, 9.17) is 9.47 Å². The van der Waals surface area contributed by atoms with Gasteiger partial charge >= 0.3 is 0 Å². The summed E-state index contributed by atoms with van der Waals surface area (Å²) in [7, 11) is 1.71. The van der Waals surface area contributed by atoms with Crippen LogP contribution >= 0.6 is 0 Å². The standard InChI is InChI=1S/C16H32N2O2/c1-19-12-13-20-11-3-2-9-17-15-7-4-6-14(15)16-8-5-10-18-16/h14-18H,2-13H2,1H3. The van der Waals surface area contributed by atoms with Gasteiger partial charge in [-0.1, -0.05) is 6.42 Å². The summed E-state index contributed by atoms with van der Waals surface area (Å²) in [5.74, 6) is 0.871. The van der Waals surface area contributed by atoms with Crippen LogP contribution in [-0.2, 0) is 9.47 Å². The lowest BCUT2D eigenvalue weighted by atomic mass is 9.93. The van der Waals surface area contributed by atoms with Crippen molar-refractivity contribution < 1.29 is 9.47 Å². The van der Waals surface area contributed by atoms with Gasteiger partial charge in [0, 0.05) is 25.8 Å². The Labute approximate surface area is 124 Å². The summed E-state index contributed by atoms with van der Waals surface area (Å²) >= 11 is 0. The Bertz CT molecular complexity index is 245. The molecular weight excluding hydrogens is 252 g/mol. The van der Waals surface area contributed by atoms with Crippen molar-refractivity contribution >= 4 is 0 Å². The third-order valence-corrected chi connectivity index (χ3v) is 4.74. The molecule has 118 valence electrons. The van der Waals surface area contributed by atoms with Crippen molar-refractivity contribution in [3.8, 4) is 0 Å². The second kappa shape index (κ2) is 9.72. The molecule has 2 fully saturated rings. The third-order valence-electron chi connectivity index (χ3n) is 4.74. The second-order valence-corrected chi connectivity index (χ2v) is 6.17. The predicted octanol–water partition coefficient (Wildman–Crippen LogP) is 1.94. The van der Waals surface area contributed by atoms with Gasteiger partial charge < -0.3 is 20.1 Å². The Morgan fingerprint density at radius 1 is 1.05 bits per heavy atom. The maximum absolute atomic E-state index is 5.49. The Morgan fingerprint density at radius 2 is 2.00 bits per heavy atom. The molecule has 1 heterocycles. The van der Waals surface area contributed by atoms with E-state index >= 15 is 0 Å². The molecule has 2 rings (SSSR count). The van der Waals surface area contributed by atoms with E-state index in [1.165, 1.54) is 45.1 Å². The SMILES string of the molecule is COCCOCCCCNC1CCCC1C1CCCN1. The molecular formula is C16H32N2O2. The maximum atomic E-state index is 5.49. The predicted molar refractivity (Wildman–Crippen MR) is 82.1 cm³/mol. The van der Waals surface area contributed by atoms with Gasteiger partial charge in [0.2, 0.25) is 0 Å². The highest BCUT2D eigenvalue weighted by Gasteiger charge is 2.34. The first kappa shape index (κ1) is 16.2. The van der Waals surface area contributed by atoms with Crippen LogP contribution in [0.2, 0.25) is 0 Å². The van der Waals surface area contributed by atoms with Crippen LogP contribution in [0, 0.1) is 5.92 Å². The minimum Gasteiger partial charge on any atom is -0.382 e. The van der Waals surface area contributed by atoms with E-state index in [1.54, 1.807) is 7.11 Å². The molecule has 0 amide bonds. The van der Waals surface area contributed by atoms with Crippen molar-refractivity contribution in [2.75, 3.05) is 40.0 Å². The lowest BCUT2D eigenvalue weighted by Gasteiger charge is -2.26. The summed E-state index contributed by atoms with van der Waals surface area (Å²) in [6, 6.07) is 1.53. The first-order valence-electron chi connectivity index (χ1n) is 8.45. The van der Waals surface area contributed by atoms with Crippen molar-refractivity contribution in [3.05, 3.63) is 0 Å². The van der Waals surface area contributed by atoms with Crippen LogP contribution in [0.5, 0.6) is 0 Å². The fraction of sp³-hybridized carbons (Fsp3) is 1.00. The first-order chi connectivity index (χ1) is 9.92. The van der Waals surface area contributed by atoms with Crippen LogP contribution in [-0.4, -0.2) is 52.1 Å². The molecule has 3 unspecified atom stereocenters. The highest BCUT2D eigenvalue weighted by Crippen LogP contribution is 2.31. The topological polar surface area (TPSA) is 42.5 Å². The van der Waals surface area contributed by atoms with E-state index in [2.05, 4.69) is 10.6 Å². The minimum absolute atomic E-state index is 0.705. The minimum atomic E-state index is 0.705. The third kappa shape index (κ3) is 5.32.